The molecule has 0 radical (unpaired) electrons. The topological polar surface area (TPSA) is 3.24 Å². The zero-order valence-corrected chi connectivity index (χ0v) is 7.90. The molecule has 1 nitrogen and oxygen atoms in total. The van der Waals surface area contributed by atoms with E-state index in [0.717, 1.165) is 18.0 Å². The first kappa shape index (κ1) is 9.08. The Morgan fingerprint density at radius 2 is 2.27 bits per heavy atom. The van der Waals surface area contributed by atoms with E-state index in [0.29, 0.717) is 5.88 Å². The Balaban J connectivity index is 2.08. The molecule has 0 atom stereocenters. The Labute approximate surface area is 74.0 Å². The maximum absolute atomic E-state index is 5.62. The maximum atomic E-state index is 5.62. The molecule has 0 unspecified atom stereocenters. The summed E-state index contributed by atoms with van der Waals surface area (Å²) in [5, 5.41) is 0. The Hall–Kier alpha value is -0.0100. The van der Waals surface area contributed by atoms with Crippen molar-refractivity contribution in [2.75, 3.05) is 26.0 Å². The van der Waals surface area contributed by atoms with E-state index < -0.39 is 0 Å². The van der Waals surface area contributed by atoms with Gasteiger partial charge in [0.2, 0.25) is 0 Å². The van der Waals surface area contributed by atoms with Crippen LogP contribution < -0.4 is 0 Å². The summed E-state index contributed by atoms with van der Waals surface area (Å²) < 4.78 is 0. The van der Waals surface area contributed by atoms with Crippen LogP contribution >= 0.6 is 11.6 Å². The molecule has 1 aliphatic carbocycles. The molecule has 1 fully saturated rings. The molecule has 0 spiro atoms. The van der Waals surface area contributed by atoms with Gasteiger partial charge in [0.1, 0.15) is 0 Å². The van der Waals surface area contributed by atoms with Gasteiger partial charge in [0, 0.05) is 19.0 Å². The Morgan fingerprint density at radius 3 is 2.73 bits per heavy atom. The van der Waals surface area contributed by atoms with Crippen LogP contribution in [0.3, 0.4) is 0 Å². The molecular weight excluding hydrogens is 158 g/mol. The number of likely N-dealkylation sites (N-methyl/N-ethyl adjacent to an activating group) is 1. The van der Waals surface area contributed by atoms with Gasteiger partial charge in [-0.2, -0.15) is 0 Å². The highest BCUT2D eigenvalue weighted by atomic mass is 35.5. The first-order valence-electron chi connectivity index (χ1n) is 4.13. The van der Waals surface area contributed by atoms with Gasteiger partial charge < -0.3 is 4.90 Å². The first-order valence-corrected chi connectivity index (χ1v) is 4.67. The van der Waals surface area contributed by atoms with Crippen molar-refractivity contribution in [1.82, 2.24) is 4.90 Å². The molecule has 11 heavy (non-hydrogen) atoms. The summed E-state index contributed by atoms with van der Waals surface area (Å²) in [6.45, 7) is 6.04. The van der Waals surface area contributed by atoms with Gasteiger partial charge in [-0.15, -0.1) is 11.6 Å². The van der Waals surface area contributed by atoms with Crippen molar-refractivity contribution in [1.29, 1.82) is 0 Å². The second-order valence-electron chi connectivity index (χ2n) is 3.52. The fourth-order valence-electron chi connectivity index (χ4n) is 1.23. The van der Waals surface area contributed by atoms with Gasteiger partial charge in [0.15, 0.2) is 0 Å². The fraction of sp³-hybridized carbons (Fsp3) is 0.778. The standard InChI is InChI=1S/C9H16ClN/c1-8(5-10)6-11(2)7-9-3-4-9/h9H,1,3-7H2,2H3. The summed E-state index contributed by atoms with van der Waals surface area (Å²) in [5.41, 5.74) is 1.12. The first-order chi connectivity index (χ1) is 5.22. The molecule has 0 saturated heterocycles. The van der Waals surface area contributed by atoms with Crippen molar-refractivity contribution in [3.05, 3.63) is 12.2 Å². The van der Waals surface area contributed by atoms with Crippen molar-refractivity contribution < 1.29 is 0 Å². The largest absolute Gasteiger partial charge is 0.302 e. The molecule has 0 heterocycles. The average molecular weight is 174 g/mol. The molecule has 1 rings (SSSR count). The van der Waals surface area contributed by atoms with Crippen LogP contribution in [0.25, 0.3) is 0 Å². The lowest BCUT2D eigenvalue weighted by molar-refractivity contribution is 0.347. The van der Waals surface area contributed by atoms with Crippen LogP contribution in [0.15, 0.2) is 12.2 Å². The van der Waals surface area contributed by atoms with Crippen LogP contribution in [0.5, 0.6) is 0 Å². The number of hydrogen-bond acceptors (Lipinski definition) is 1. The zero-order valence-electron chi connectivity index (χ0n) is 7.15. The van der Waals surface area contributed by atoms with Crippen molar-refractivity contribution >= 4 is 11.6 Å². The van der Waals surface area contributed by atoms with Crippen LogP contribution in [0.1, 0.15) is 12.8 Å². The third-order valence-electron chi connectivity index (χ3n) is 1.95. The average Bonchev–Trinajstić information content (AvgIpc) is 2.71. The number of hydrogen-bond donors (Lipinski definition) is 0. The van der Waals surface area contributed by atoms with Gasteiger partial charge in [-0.25, -0.2) is 0 Å². The second kappa shape index (κ2) is 4.13. The fourth-order valence-corrected chi connectivity index (χ4v) is 1.31. The molecule has 1 saturated carbocycles. The molecular formula is C9H16ClN. The summed E-state index contributed by atoms with van der Waals surface area (Å²) in [4.78, 5) is 2.31. The third-order valence-corrected chi connectivity index (χ3v) is 2.33. The maximum Gasteiger partial charge on any atom is 0.0443 e. The molecule has 0 N–H and O–H groups in total. The number of halogens is 1. The highest BCUT2D eigenvalue weighted by molar-refractivity contribution is 6.19. The minimum Gasteiger partial charge on any atom is -0.302 e. The van der Waals surface area contributed by atoms with E-state index in [1.165, 1.54) is 19.4 Å². The minimum absolute atomic E-state index is 0.592. The summed E-state index contributed by atoms with van der Waals surface area (Å²) >= 11 is 5.62. The Kier molecular flexibility index (Phi) is 3.41. The van der Waals surface area contributed by atoms with Crippen molar-refractivity contribution in [3.63, 3.8) is 0 Å². The highest BCUT2D eigenvalue weighted by Gasteiger charge is 2.22. The SMILES string of the molecule is C=C(CCl)CN(C)CC1CC1. The smallest absolute Gasteiger partial charge is 0.0443 e. The van der Waals surface area contributed by atoms with Crippen LogP contribution in [-0.2, 0) is 0 Å². The molecule has 0 bridgehead atoms. The van der Waals surface area contributed by atoms with Crippen LogP contribution in [0, 0.1) is 5.92 Å². The van der Waals surface area contributed by atoms with E-state index in [4.69, 9.17) is 11.6 Å². The van der Waals surface area contributed by atoms with Crippen LogP contribution in [0.4, 0.5) is 0 Å². The number of rotatable bonds is 5. The lowest BCUT2D eigenvalue weighted by Gasteiger charge is -2.16. The molecule has 1 aliphatic rings. The van der Waals surface area contributed by atoms with E-state index >= 15 is 0 Å². The minimum atomic E-state index is 0.592. The Morgan fingerprint density at radius 1 is 1.64 bits per heavy atom. The van der Waals surface area contributed by atoms with Crippen LogP contribution in [-0.4, -0.2) is 30.9 Å². The summed E-state index contributed by atoms with van der Waals surface area (Å²) in [6, 6.07) is 0. The number of nitrogens with zero attached hydrogens (tertiary/aromatic N) is 1. The zero-order chi connectivity index (χ0) is 8.27. The third kappa shape index (κ3) is 3.78. The van der Waals surface area contributed by atoms with Crippen molar-refractivity contribution in [3.8, 4) is 0 Å². The quantitative estimate of drug-likeness (QED) is 0.455. The second-order valence-corrected chi connectivity index (χ2v) is 3.79. The highest BCUT2D eigenvalue weighted by Crippen LogP contribution is 2.29. The molecule has 0 aromatic heterocycles. The summed E-state index contributed by atoms with van der Waals surface area (Å²) in [7, 11) is 2.13. The van der Waals surface area contributed by atoms with E-state index in [9.17, 15) is 0 Å². The molecule has 0 aliphatic heterocycles. The van der Waals surface area contributed by atoms with E-state index in [2.05, 4.69) is 18.5 Å². The number of alkyl halides is 1. The van der Waals surface area contributed by atoms with E-state index in [1.807, 2.05) is 0 Å². The summed E-state index contributed by atoms with van der Waals surface area (Å²) in [6.07, 6.45) is 2.83. The van der Waals surface area contributed by atoms with Crippen molar-refractivity contribution in [2.24, 2.45) is 5.92 Å². The molecule has 64 valence electrons. The molecule has 0 aromatic carbocycles. The monoisotopic (exact) mass is 173 g/mol. The summed E-state index contributed by atoms with van der Waals surface area (Å²) in [5.74, 6) is 1.55. The predicted octanol–water partition coefficient (Wildman–Crippen LogP) is 2.12. The van der Waals surface area contributed by atoms with Gasteiger partial charge in [0.05, 0.1) is 0 Å². The lowest BCUT2D eigenvalue weighted by atomic mass is 10.3. The predicted molar refractivity (Wildman–Crippen MR) is 50.1 cm³/mol. The molecule has 0 aromatic rings. The normalized spacial score (nSPS) is 17.4. The lowest BCUT2D eigenvalue weighted by Crippen LogP contribution is -2.23. The van der Waals surface area contributed by atoms with E-state index in [1.54, 1.807) is 0 Å². The van der Waals surface area contributed by atoms with Crippen molar-refractivity contribution in [2.45, 2.75) is 12.8 Å². The van der Waals surface area contributed by atoms with Gasteiger partial charge in [-0.05, 0) is 31.4 Å². The molecule has 0 amide bonds. The molecule has 2 heteroatoms. The Bertz CT molecular complexity index is 140. The van der Waals surface area contributed by atoms with Gasteiger partial charge >= 0.3 is 0 Å². The van der Waals surface area contributed by atoms with Gasteiger partial charge in [-0.1, -0.05) is 6.58 Å². The van der Waals surface area contributed by atoms with Crippen LogP contribution in [0.2, 0.25) is 0 Å². The van der Waals surface area contributed by atoms with E-state index in [-0.39, 0.29) is 0 Å². The van der Waals surface area contributed by atoms with Gasteiger partial charge in [0.25, 0.3) is 0 Å². The van der Waals surface area contributed by atoms with Gasteiger partial charge in [-0.3, -0.25) is 0 Å².